The van der Waals surface area contributed by atoms with Crippen molar-refractivity contribution in [1.82, 2.24) is 9.78 Å². The molecule has 5 nitrogen and oxygen atoms in total. The summed E-state index contributed by atoms with van der Waals surface area (Å²) >= 11 is 0. The van der Waals surface area contributed by atoms with Crippen molar-refractivity contribution in [2.24, 2.45) is 0 Å². The predicted molar refractivity (Wildman–Crippen MR) is 84.9 cm³/mol. The van der Waals surface area contributed by atoms with Crippen LogP contribution in [0.3, 0.4) is 0 Å². The third-order valence-electron chi connectivity index (χ3n) is 3.25. The molecular formula is C16H16N2O3S. The third-order valence-corrected chi connectivity index (χ3v) is 3.79. The van der Waals surface area contributed by atoms with E-state index in [1.165, 1.54) is 5.56 Å². The van der Waals surface area contributed by atoms with Gasteiger partial charge in [0.2, 0.25) is 0 Å². The van der Waals surface area contributed by atoms with E-state index < -0.39 is 10.1 Å². The van der Waals surface area contributed by atoms with E-state index in [0.29, 0.717) is 6.54 Å². The van der Waals surface area contributed by atoms with Crippen LogP contribution in [0.4, 0.5) is 0 Å². The minimum Gasteiger partial charge on any atom is -0.267 e. The van der Waals surface area contributed by atoms with Gasteiger partial charge in [0, 0.05) is 11.6 Å². The lowest BCUT2D eigenvalue weighted by molar-refractivity contribution is 0.312. The van der Waals surface area contributed by atoms with E-state index in [9.17, 15) is 8.42 Å². The van der Waals surface area contributed by atoms with E-state index in [4.69, 9.17) is 4.18 Å². The fourth-order valence-electron chi connectivity index (χ4n) is 2.23. The number of hydrogen-bond acceptors (Lipinski definition) is 4. The van der Waals surface area contributed by atoms with Crippen LogP contribution in [0.15, 0.2) is 54.7 Å². The number of hydrogen-bond donors (Lipinski definition) is 0. The average molecular weight is 316 g/mol. The lowest BCUT2D eigenvalue weighted by Gasteiger charge is -2.01. The van der Waals surface area contributed by atoms with E-state index in [-0.39, 0.29) is 6.61 Å². The summed E-state index contributed by atoms with van der Waals surface area (Å²) in [5.41, 5.74) is 2.78. The zero-order chi connectivity index (χ0) is 15.6. The fraction of sp³-hybridized carbons (Fsp3) is 0.188. The first-order chi connectivity index (χ1) is 10.5. The zero-order valence-electron chi connectivity index (χ0n) is 12.1. The minimum absolute atomic E-state index is 0.0281. The molecule has 114 valence electrons. The maximum absolute atomic E-state index is 11.0. The molecule has 2 aromatic carbocycles. The van der Waals surface area contributed by atoms with Crippen LogP contribution in [-0.4, -0.2) is 24.5 Å². The Balaban J connectivity index is 1.81. The molecule has 0 atom stereocenters. The van der Waals surface area contributed by atoms with Crippen molar-refractivity contribution >= 4 is 21.0 Å². The molecule has 0 saturated heterocycles. The summed E-state index contributed by atoms with van der Waals surface area (Å²) in [6.45, 7) is 0.727. The fourth-order valence-corrected chi connectivity index (χ4v) is 2.58. The molecule has 0 unspecified atom stereocenters. The van der Waals surface area contributed by atoms with Crippen LogP contribution in [0, 0.1) is 0 Å². The Kier molecular flexibility index (Phi) is 3.96. The molecule has 0 aliphatic heterocycles. The van der Waals surface area contributed by atoms with Crippen molar-refractivity contribution in [3.8, 4) is 0 Å². The van der Waals surface area contributed by atoms with Crippen molar-refractivity contribution in [1.29, 1.82) is 0 Å². The van der Waals surface area contributed by atoms with Gasteiger partial charge in [0.15, 0.2) is 0 Å². The van der Waals surface area contributed by atoms with Gasteiger partial charge in [0.25, 0.3) is 10.1 Å². The Labute approximate surface area is 129 Å². The van der Waals surface area contributed by atoms with Gasteiger partial charge in [-0.3, -0.25) is 8.86 Å². The molecule has 0 spiro atoms. The Bertz CT molecular complexity index is 886. The number of rotatable bonds is 5. The SMILES string of the molecule is CS(=O)(=O)OCc1ccc2cn(Cc3ccccc3)nc2c1. The van der Waals surface area contributed by atoms with Crippen LogP contribution >= 0.6 is 0 Å². The van der Waals surface area contributed by atoms with Crippen molar-refractivity contribution in [3.63, 3.8) is 0 Å². The van der Waals surface area contributed by atoms with Gasteiger partial charge < -0.3 is 0 Å². The molecule has 0 fully saturated rings. The zero-order valence-corrected chi connectivity index (χ0v) is 13.0. The highest BCUT2D eigenvalue weighted by molar-refractivity contribution is 7.85. The number of benzene rings is 2. The van der Waals surface area contributed by atoms with Crippen LogP contribution in [-0.2, 0) is 27.5 Å². The van der Waals surface area contributed by atoms with E-state index in [0.717, 1.165) is 22.7 Å². The van der Waals surface area contributed by atoms with Crippen LogP contribution < -0.4 is 0 Å². The second kappa shape index (κ2) is 5.90. The molecule has 1 aromatic heterocycles. The summed E-state index contributed by atoms with van der Waals surface area (Å²) < 4.78 is 28.7. The van der Waals surface area contributed by atoms with Crippen LogP contribution in [0.1, 0.15) is 11.1 Å². The number of aromatic nitrogens is 2. The summed E-state index contributed by atoms with van der Waals surface area (Å²) in [7, 11) is -3.44. The summed E-state index contributed by atoms with van der Waals surface area (Å²) in [5, 5.41) is 5.54. The first kappa shape index (κ1) is 14.7. The monoisotopic (exact) mass is 316 g/mol. The van der Waals surface area contributed by atoms with Crippen molar-refractivity contribution < 1.29 is 12.6 Å². The highest BCUT2D eigenvalue weighted by Gasteiger charge is 2.06. The number of nitrogens with zero attached hydrogens (tertiary/aromatic N) is 2. The largest absolute Gasteiger partial charge is 0.267 e. The highest BCUT2D eigenvalue weighted by Crippen LogP contribution is 2.16. The van der Waals surface area contributed by atoms with Crippen molar-refractivity contribution in [2.45, 2.75) is 13.2 Å². The summed E-state index contributed by atoms with van der Waals surface area (Å²) in [4.78, 5) is 0. The Morgan fingerprint density at radius 3 is 2.59 bits per heavy atom. The summed E-state index contributed by atoms with van der Waals surface area (Å²) in [6, 6.07) is 15.7. The topological polar surface area (TPSA) is 61.2 Å². The molecule has 0 saturated carbocycles. The maximum Gasteiger partial charge on any atom is 0.264 e. The second-order valence-corrected chi connectivity index (χ2v) is 6.82. The molecule has 3 aromatic rings. The van der Waals surface area contributed by atoms with E-state index >= 15 is 0 Å². The molecule has 0 bridgehead atoms. The molecule has 0 aliphatic carbocycles. The van der Waals surface area contributed by atoms with Crippen LogP contribution in [0.2, 0.25) is 0 Å². The lowest BCUT2D eigenvalue weighted by atomic mass is 10.2. The van der Waals surface area contributed by atoms with Crippen LogP contribution in [0.5, 0.6) is 0 Å². The summed E-state index contributed by atoms with van der Waals surface area (Å²) in [5.74, 6) is 0. The van der Waals surface area contributed by atoms with Crippen LogP contribution in [0.25, 0.3) is 10.9 Å². The first-order valence-electron chi connectivity index (χ1n) is 6.84. The summed E-state index contributed by atoms with van der Waals surface area (Å²) in [6.07, 6.45) is 3.02. The minimum atomic E-state index is -3.44. The average Bonchev–Trinajstić information content (AvgIpc) is 2.87. The van der Waals surface area contributed by atoms with Crippen molar-refractivity contribution in [3.05, 3.63) is 65.9 Å². The Morgan fingerprint density at radius 2 is 1.86 bits per heavy atom. The van der Waals surface area contributed by atoms with E-state index in [2.05, 4.69) is 17.2 Å². The lowest BCUT2D eigenvalue weighted by Crippen LogP contribution is -2.02. The van der Waals surface area contributed by atoms with Gasteiger partial charge in [0.1, 0.15) is 0 Å². The van der Waals surface area contributed by atoms with Gasteiger partial charge in [-0.05, 0) is 17.2 Å². The molecule has 3 rings (SSSR count). The van der Waals surface area contributed by atoms with Gasteiger partial charge in [-0.15, -0.1) is 0 Å². The first-order valence-corrected chi connectivity index (χ1v) is 8.66. The van der Waals surface area contributed by atoms with Crippen molar-refractivity contribution in [2.75, 3.05) is 6.26 Å². The highest BCUT2D eigenvalue weighted by atomic mass is 32.2. The van der Waals surface area contributed by atoms with Gasteiger partial charge in [0.05, 0.1) is 24.9 Å². The second-order valence-electron chi connectivity index (χ2n) is 5.17. The molecule has 0 radical (unpaired) electrons. The van der Waals surface area contributed by atoms with E-state index in [1.807, 2.05) is 47.3 Å². The van der Waals surface area contributed by atoms with E-state index in [1.54, 1.807) is 0 Å². The maximum atomic E-state index is 11.0. The molecule has 22 heavy (non-hydrogen) atoms. The Morgan fingerprint density at radius 1 is 1.09 bits per heavy atom. The molecule has 6 heteroatoms. The van der Waals surface area contributed by atoms with Gasteiger partial charge in [-0.2, -0.15) is 13.5 Å². The van der Waals surface area contributed by atoms with Gasteiger partial charge in [-0.25, -0.2) is 0 Å². The number of fused-ring (bicyclic) bond motifs is 1. The molecule has 1 heterocycles. The smallest absolute Gasteiger partial charge is 0.264 e. The Hall–Kier alpha value is -2.18. The molecule has 0 aliphatic rings. The molecule has 0 amide bonds. The third kappa shape index (κ3) is 3.72. The van der Waals surface area contributed by atoms with Gasteiger partial charge >= 0.3 is 0 Å². The standard InChI is InChI=1S/C16H16N2O3S/c1-22(19,20)21-12-14-7-8-15-11-18(17-16(15)9-14)10-13-5-3-2-4-6-13/h2-9,11H,10,12H2,1H3. The van der Waals surface area contributed by atoms with Gasteiger partial charge in [-0.1, -0.05) is 42.5 Å². The molecule has 0 N–H and O–H groups in total. The predicted octanol–water partition coefficient (Wildman–Crippen LogP) is 2.56. The normalized spacial score (nSPS) is 11.9. The quantitative estimate of drug-likeness (QED) is 0.679. The molecular weight excluding hydrogens is 300 g/mol.